The van der Waals surface area contributed by atoms with E-state index in [9.17, 15) is 0 Å². The number of hydrogen-bond acceptors (Lipinski definition) is 2. The monoisotopic (exact) mass is 312 g/mol. The van der Waals surface area contributed by atoms with E-state index in [0.29, 0.717) is 5.41 Å². The summed E-state index contributed by atoms with van der Waals surface area (Å²) < 4.78 is 11.9. The molecule has 1 aliphatic rings. The number of hydrogen-bond donors (Lipinski definition) is 0. The standard InChI is InChI=1S/C15H21BrO2/c1-3-6-15(7-9-18-10-8-15)12-4-5-14(17-2)13(16)11-12/h4-5,11H,3,6-10H2,1-2H3. The Kier molecular flexibility index (Phi) is 4.68. The summed E-state index contributed by atoms with van der Waals surface area (Å²) in [5.41, 5.74) is 1.71. The van der Waals surface area contributed by atoms with Crippen LogP contribution >= 0.6 is 15.9 Å². The molecule has 1 saturated heterocycles. The van der Waals surface area contributed by atoms with Gasteiger partial charge in [0.25, 0.3) is 0 Å². The molecule has 0 radical (unpaired) electrons. The van der Waals surface area contributed by atoms with Gasteiger partial charge in [-0.2, -0.15) is 0 Å². The van der Waals surface area contributed by atoms with E-state index in [1.807, 2.05) is 0 Å². The third-order valence-corrected chi connectivity index (χ3v) is 4.56. The van der Waals surface area contributed by atoms with Crippen molar-refractivity contribution in [1.82, 2.24) is 0 Å². The van der Waals surface area contributed by atoms with Gasteiger partial charge in [0.1, 0.15) is 5.75 Å². The zero-order valence-electron chi connectivity index (χ0n) is 11.2. The molecule has 0 atom stereocenters. The summed E-state index contributed by atoms with van der Waals surface area (Å²) in [7, 11) is 1.70. The van der Waals surface area contributed by atoms with Gasteiger partial charge in [0.05, 0.1) is 11.6 Å². The first kappa shape index (κ1) is 13.9. The van der Waals surface area contributed by atoms with Gasteiger partial charge >= 0.3 is 0 Å². The van der Waals surface area contributed by atoms with Gasteiger partial charge in [-0.1, -0.05) is 19.4 Å². The molecule has 0 bridgehead atoms. The zero-order valence-corrected chi connectivity index (χ0v) is 12.8. The van der Waals surface area contributed by atoms with Crippen molar-refractivity contribution >= 4 is 15.9 Å². The van der Waals surface area contributed by atoms with Crippen molar-refractivity contribution in [3.63, 3.8) is 0 Å². The van der Waals surface area contributed by atoms with Crippen LogP contribution in [0.3, 0.4) is 0 Å². The average Bonchev–Trinajstić information content (AvgIpc) is 2.40. The second kappa shape index (κ2) is 6.07. The van der Waals surface area contributed by atoms with Crippen molar-refractivity contribution in [3.8, 4) is 5.75 Å². The lowest BCUT2D eigenvalue weighted by molar-refractivity contribution is 0.0465. The Balaban J connectivity index is 2.33. The maximum atomic E-state index is 5.53. The average molecular weight is 313 g/mol. The first-order valence-corrected chi connectivity index (χ1v) is 7.43. The molecule has 1 aromatic rings. The largest absolute Gasteiger partial charge is 0.496 e. The predicted molar refractivity (Wildman–Crippen MR) is 77.3 cm³/mol. The fourth-order valence-electron chi connectivity index (χ4n) is 2.92. The highest BCUT2D eigenvalue weighted by molar-refractivity contribution is 9.10. The lowest BCUT2D eigenvalue weighted by Crippen LogP contribution is -2.33. The Labute approximate surface area is 118 Å². The normalized spacial score (nSPS) is 18.6. The Hall–Kier alpha value is -0.540. The highest BCUT2D eigenvalue weighted by Crippen LogP contribution is 2.41. The van der Waals surface area contributed by atoms with E-state index < -0.39 is 0 Å². The van der Waals surface area contributed by atoms with Gasteiger partial charge in [0.15, 0.2) is 0 Å². The van der Waals surface area contributed by atoms with Gasteiger partial charge in [-0.25, -0.2) is 0 Å². The first-order valence-electron chi connectivity index (χ1n) is 6.63. The van der Waals surface area contributed by atoms with Crippen LogP contribution in [0.15, 0.2) is 22.7 Å². The molecule has 18 heavy (non-hydrogen) atoms. The number of ether oxygens (including phenoxy) is 2. The van der Waals surface area contributed by atoms with Crippen LogP contribution in [0.5, 0.6) is 5.75 Å². The molecular weight excluding hydrogens is 292 g/mol. The molecule has 3 heteroatoms. The van der Waals surface area contributed by atoms with Crippen molar-refractivity contribution in [2.75, 3.05) is 20.3 Å². The summed E-state index contributed by atoms with van der Waals surface area (Å²) in [5.74, 6) is 0.900. The van der Waals surface area contributed by atoms with Crippen LogP contribution < -0.4 is 4.74 Å². The van der Waals surface area contributed by atoms with Crippen LogP contribution in [0.4, 0.5) is 0 Å². The Morgan fingerprint density at radius 1 is 1.33 bits per heavy atom. The second-order valence-electron chi connectivity index (χ2n) is 4.99. The molecular formula is C15H21BrO2. The third kappa shape index (κ3) is 2.72. The second-order valence-corrected chi connectivity index (χ2v) is 5.85. The van der Waals surface area contributed by atoms with Gasteiger partial charge in [0.2, 0.25) is 0 Å². The Bertz CT molecular complexity index is 392. The fraction of sp³-hybridized carbons (Fsp3) is 0.600. The minimum Gasteiger partial charge on any atom is -0.496 e. The Morgan fingerprint density at radius 2 is 2.06 bits per heavy atom. The topological polar surface area (TPSA) is 18.5 Å². The molecule has 1 aromatic carbocycles. The van der Waals surface area contributed by atoms with E-state index >= 15 is 0 Å². The summed E-state index contributed by atoms with van der Waals surface area (Å²) >= 11 is 3.59. The van der Waals surface area contributed by atoms with Crippen LogP contribution in [0, 0.1) is 0 Å². The maximum absolute atomic E-state index is 5.53. The summed E-state index contributed by atoms with van der Waals surface area (Å²) in [4.78, 5) is 0. The molecule has 100 valence electrons. The fourth-order valence-corrected chi connectivity index (χ4v) is 3.46. The van der Waals surface area contributed by atoms with E-state index in [1.165, 1.54) is 18.4 Å². The van der Waals surface area contributed by atoms with E-state index in [1.54, 1.807) is 7.11 Å². The van der Waals surface area contributed by atoms with Crippen LogP contribution in [-0.2, 0) is 10.2 Å². The minimum atomic E-state index is 0.293. The molecule has 1 aliphatic heterocycles. The molecule has 2 nitrogen and oxygen atoms in total. The summed E-state index contributed by atoms with van der Waals surface area (Å²) in [6, 6.07) is 6.50. The maximum Gasteiger partial charge on any atom is 0.133 e. The van der Waals surface area contributed by atoms with Crippen LogP contribution in [0.2, 0.25) is 0 Å². The van der Waals surface area contributed by atoms with E-state index in [0.717, 1.165) is 36.3 Å². The van der Waals surface area contributed by atoms with Crippen LogP contribution in [0.25, 0.3) is 0 Å². The SMILES string of the molecule is CCCC1(c2ccc(OC)c(Br)c2)CCOCC1. The molecule has 0 saturated carbocycles. The van der Waals surface area contributed by atoms with Crippen molar-refractivity contribution in [3.05, 3.63) is 28.2 Å². The van der Waals surface area contributed by atoms with Gasteiger partial charge in [-0.3, -0.25) is 0 Å². The van der Waals surface area contributed by atoms with Gasteiger partial charge in [-0.05, 0) is 58.3 Å². The first-order chi connectivity index (χ1) is 8.72. The molecule has 1 heterocycles. The highest BCUT2D eigenvalue weighted by atomic mass is 79.9. The predicted octanol–water partition coefficient (Wildman–Crippen LogP) is 4.31. The van der Waals surface area contributed by atoms with Gasteiger partial charge in [-0.15, -0.1) is 0 Å². The van der Waals surface area contributed by atoms with Crippen LogP contribution in [0.1, 0.15) is 38.2 Å². The van der Waals surface area contributed by atoms with Crippen molar-refractivity contribution < 1.29 is 9.47 Å². The van der Waals surface area contributed by atoms with E-state index in [4.69, 9.17) is 9.47 Å². The molecule has 1 fully saturated rings. The van der Waals surface area contributed by atoms with E-state index in [2.05, 4.69) is 41.1 Å². The molecule has 2 rings (SSSR count). The minimum absolute atomic E-state index is 0.293. The summed E-state index contributed by atoms with van der Waals surface area (Å²) in [6.45, 7) is 4.02. The Morgan fingerprint density at radius 3 is 2.61 bits per heavy atom. The molecule has 0 amide bonds. The molecule has 0 aliphatic carbocycles. The lowest BCUT2D eigenvalue weighted by Gasteiger charge is -2.38. The quantitative estimate of drug-likeness (QED) is 0.825. The number of halogens is 1. The van der Waals surface area contributed by atoms with Crippen molar-refractivity contribution in [1.29, 1.82) is 0 Å². The highest BCUT2D eigenvalue weighted by Gasteiger charge is 2.33. The van der Waals surface area contributed by atoms with Gasteiger partial charge < -0.3 is 9.47 Å². The lowest BCUT2D eigenvalue weighted by atomic mass is 9.71. The molecule has 0 aromatic heterocycles. The number of methoxy groups -OCH3 is 1. The summed E-state index contributed by atoms with van der Waals surface area (Å²) in [5, 5.41) is 0. The van der Waals surface area contributed by atoms with Crippen LogP contribution in [-0.4, -0.2) is 20.3 Å². The molecule has 0 N–H and O–H groups in total. The third-order valence-electron chi connectivity index (χ3n) is 3.94. The molecule has 0 unspecified atom stereocenters. The van der Waals surface area contributed by atoms with Gasteiger partial charge in [0, 0.05) is 13.2 Å². The summed E-state index contributed by atoms with van der Waals surface area (Å²) in [6.07, 6.45) is 4.69. The molecule has 0 spiro atoms. The van der Waals surface area contributed by atoms with Crippen molar-refractivity contribution in [2.24, 2.45) is 0 Å². The van der Waals surface area contributed by atoms with Crippen molar-refractivity contribution in [2.45, 2.75) is 38.0 Å². The van der Waals surface area contributed by atoms with E-state index in [-0.39, 0.29) is 0 Å². The number of rotatable bonds is 4. The number of benzene rings is 1. The smallest absolute Gasteiger partial charge is 0.133 e. The zero-order chi connectivity index (χ0) is 13.0.